The summed E-state index contributed by atoms with van der Waals surface area (Å²) in [6.45, 7) is 0.488. The van der Waals surface area contributed by atoms with Crippen LogP contribution in [0, 0.1) is 0 Å². The van der Waals surface area contributed by atoms with Crippen molar-refractivity contribution in [3.8, 4) is 11.1 Å². The van der Waals surface area contributed by atoms with Gasteiger partial charge < -0.3 is 10.6 Å². The minimum Gasteiger partial charge on any atom is -0.382 e. The number of nitrogens with one attached hydrogen (secondary N) is 2. The van der Waals surface area contributed by atoms with E-state index in [1.54, 1.807) is 65.4 Å². The minimum absolute atomic E-state index is 0.181. The monoisotopic (exact) mass is 536 g/mol. The molecule has 6 rings (SSSR count). The number of anilines is 2. The fraction of sp³-hybridized carbons (Fsp3) is 0.0690. The van der Waals surface area contributed by atoms with Crippen LogP contribution in [-0.4, -0.2) is 50.3 Å². The molecule has 0 unspecified atom stereocenters. The minimum atomic E-state index is -0.398. The summed E-state index contributed by atoms with van der Waals surface area (Å²) >= 11 is 6.15. The molecule has 1 aliphatic rings. The number of hydrogen-bond donors (Lipinski definition) is 2. The molecule has 2 aromatic heterocycles. The van der Waals surface area contributed by atoms with Crippen LogP contribution in [0.5, 0.6) is 0 Å². The van der Waals surface area contributed by atoms with Crippen LogP contribution in [-0.2, 0) is 0 Å². The third-order valence-electron chi connectivity index (χ3n) is 6.44. The lowest BCUT2D eigenvalue weighted by Gasteiger charge is -2.17. The number of benzene rings is 3. The van der Waals surface area contributed by atoms with Gasteiger partial charge in [0.05, 0.1) is 28.7 Å². The van der Waals surface area contributed by atoms with E-state index in [0.717, 1.165) is 11.1 Å². The molecule has 9 nitrogen and oxygen atoms in total. The molecule has 0 spiro atoms. The van der Waals surface area contributed by atoms with E-state index in [-0.39, 0.29) is 24.1 Å². The molecule has 3 amide bonds. The Morgan fingerprint density at radius 3 is 2.31 bits per heavy atom. The Hall–Kier alpha value is -5.02. The summed E-state index contributed by atoms with van der Waals surface area (Å²) < 4.78 is 1.60. The summed E-state index contributed by atoms with van der Waals surface area (Å²) in [5.74, 6) is -1.01. The van der Waals surface area contributed by atoms with Crippen LogP contribution < -0.4 is 10.6 Å². The van der Waals surface area contributed by atoms with E-state index in [1.807, 2.05) is 30.3 Å². The number of carbonyl (C=O) groups excluding carboxylic acids is 3. The molecule has 2 N–H and O–H groups in total. The summed E-state index contributed by atoms with van der Waals surface area (Å²) in [6.07, 6.45) is 3.36. The van der Waals surface area contributed by atoms with Gasteiger partial charge in [-0.15, -0.1) is 0 Å². The molecule has 0 saturated carbocycles. The van der Waals surface area contributed by atoms with Crippen molar-refractivity contribution in [3.63, 3.8) is 0 Å². The maximum atomic E-state index is 13.2. The number of imide groups is 1. The van der Waals surface area contributed by atoms with Gasteiger partial charge in [0.1, 0.15) is 5.69 Å². The molecular formula is C29H21ClN6O3. The Bertz CT molecular complexity index is 1730. The summed E-state index contributed by atoms with van der Waals surface area (Å²) in [4.78, 5) is 44.2. The van der Waals surface area contributed by atoms with Crippen LogP contribution in [0.4, 0.5) is 11.4 Å². The number of amides is 3. The van der Waals surface area contributed by atoms with E-state index in [9.17, 15) is 14.4 Å². The second-order valence-electron chi connectivity index (χ2n) is 8.88. The molecule has 0 saturated heterocycles. The topological polar surface area (TPSA) is 109 Å². The predicted molar refractivity (Wildman–Crippen MR) is 148 cm³/mol. The van der Waals surface area contributed by atoms with Gasteiger partial charge in [-0.2, -0.15) is 5.10 Å². The molecule has 1 aliphatic heterocycles. The van der Waals surface area contributed by atoms with Gasteiger partial charge in [-0.1, -0.05) is 48.0 Å². The Labute approximate surface area is 228 Å². The van der Waals surface area contributed by atoms with E-state index in [0.29, 0.717) is 39.7 Å². The van der Waals surface area contributed by atoms with Crippen molar-refractivity contribution in [1.29, 1.82) is 0 Å². The van der Waals surface area contributed by atoms with Crippen LogP contribution in [0.2, 0.25) is 5.02 Å². The van der Waals surface area contributed by atoms with Crippen molar-refractivity contribution in [2.75, 3.05) is 23.7 Å². The molecular weight excluding hydrogens is 516 g/mol. The first-order valence-corrected chi connectivity index (χ1v) is 12.6. The number of rotatable bonds is 7. The second kappa shape index (κ2) is 10.0. The van der Waals surface area contributed by atoms with Gasteiger partial charge >= 0.3 is 0 Å². The van der Waals surface area contributed by atoms with Crippen LogP contribution >= 0.6 is 11.6 Å². The maximum Gasteiger partial charge on any atom is 0.274 e. The molecule has 3 aromatic carbocycles. The van der Waals surface area contributed by atoms with E-state index < -0.39 is 5.91 Å². The Balaban J connectivity index is 1.17. The molecule has 5 aromatic rings. The lowest BCUT2D eigenvalue weighted by molar-refractivity contribution is 0.0660. The Morgan fingerprint density at radius 1 is 0.846 bits per heavy atom. The number of aromatic nitrogens is 3. The first-order valence-electron chi connectivity index (χ1n) is 12.2. The largest absolute Gasteiger partial charge is 0.382 e. The highest BCUT2D eigenvalue weighted by Gasteiger charge is 2.34. The van der Waals surface area contributed by atoms with Gasteiger partial charge in [0, 0.05) is 29.9 Å². The maximum absolute atomic E-state index is 13.2. The quantitative estimate of drug-likeness (QED) is 0.283. The van der Waals surface area contributed by atoms with Crippen LogP contribution in [0.15, 0.2) is 91.3 Å². The molecule has 3 heterocycles. The van der Waals surface area contributed by atoms with Gasteiger partial charge in [-0.05, 0) is 48.0 Å². The van der Waals surface area contributed by atoms with Crippen molar-refractivity contribution in [2.24, 2.45) is 0 Å². The van der Waals surface area contributed by atoms with Gasteiger partial charge in [-0.25, -0.2) is 9.50 Å². The summed E-state index contributed by atoms with van der Waals surface area (Å²) in [5, 5.41) is 11.0. The zero-order chi connectivity index (χ0) is 26.9. The smallest absolute Gasteiger partial charge is 0.274 e. The molecule has 0 aliphatic carbocycles. The number of halogens is 1. The SMILES string of the molecule is O=C(Nc1ccccc1NCCN1C(=O)c2ccccc2C1=O)c1ccn2ncc(-c3cccc(Cl)c3)c2n1. The zero-order valence-electron chi connectivity index (χ0n) is 20.5. The average Bonchev–Trinajstić information content (AvgIpc) is 3.48. The molecule has 192 valence electrons. The highest BCUT2D eigenvalue weighted by molar-refractivity contribution is 6.30. The van der Waals surface area contributed by atoms with E-state index in [1.165, 1.54) is 4.90 Å². The Kier molecular flexibility index (Phi) is 6.26. The number of nitrogens with zero attached hydrogens (tertiary/aromatic N) is 4. The summed E-state index contributed by atoms with van der Waals surface area (Å²) in [7, 11) is 0. The van der Waals surface area contributed by atoms with Crippen LogP contribution in [0.3, 0.4) is 0 Å². The standard InChI is InChI=1S/C29H21ClN6O3/c30-19-7-5-6-18(16-19)22-17-32-36-14-12-25(33-26(22)36)27(37)34-24-11-4-3-10-23(24)31-13-15-35-28(38)20-8-1-2-9-21(20)29(35)39/h1-12,14,16-17,31H,13,15H2,(H,34,37). The first kappa shape index (κ1) is 24.3. The third kappa shape index (κ3) is 4.60. The normalized spacial score (nSPS) is 12.6. The number of hydrogen-bond acceptors (Lipinski definition) is 6. The fourth-order valence-electron chi connectivity index (χ4n) is 4.53. The number of carbonyl (C=O) groups is 3. The third-order valence-corrected chi connectivity index (χ3v) is 6.68. The highest BCUT2D eigenvalue weighted by Crippen LogP contribution is 2.27. The number of para-hydroxylation sites is 2. The second-order valence-corrected chi connectivity index (χ2v) is 9.32. The Morgan fingerprint density at radius 2 is 1.56 bits per heavy atom. The fourth-order valence-corrected chi connectivity index (χ4v) is 4.72. The van der Waals surface area contributed by atoms with Crippen LogP contribution in [0.1, 0.15) is 31.2 Å². The summed E-state index contributed by atoms with van der Waals surface area (Å²) in [6, 6.07) is 22.9. The first-order chi connectivity index (χ1) is 19.0. The summed E-state index contributed by atoms with van der Waals surface area (Å²) in [5.41, 5.74) is 4.34. The van der Waals surface area contributed by atoms with Gasteiger partial charge in [-0.3, -0.25) is 19.3 Å². The van der Waals surface area contributed by atoms with Crippen molar-refractivity contribution in [3.05, 3.63) is 113 Å². The molecule has 39 heavy (non-hydrogen) atoms. The van der Waals surface area contributed by atoms with E-state index in [4.69, 9.17) is 11.6 Å². The number of fused-ring (bicyclic) bond motifs is 2. The zero-order valence-corrected chi connectivity index (χ0v) is 21.2. The lowest BCUT2D eigenvalue weighted by atomic mass is 10.1. The van der Waals surface area contributed by atoms with Gasteiger partial charge in [0.15, 0.2) is 5.65 Å². The molecule has 0 fully saturated rings. The van der Waals surface area contributed by atoms with Crippen molar-refractivity contribution in [2.45, 2.75) is 0 Å². The predicted octanol–water partition coefficient (Wildman–Crippen LogP) is 5.01. The molecule has 0 bridgehead atoms. The molecule has 0 radical (unpaired) electrons. The molecule has 10 heteroatoms. The van der Waals surface area contributed by atoms with Crippen molar-refractivity contribution >= 4 is 46.3 Å². The van der Waals surface area contributed by atoms with E-state index >= 15 is 0 Å². The lowest BCUT2D eigenvalue weighted by Crippen LogP contribution is -2.34. The average molecular weight is 537 g/mol. The molecule has 0 atom stereocenters. The van der Waals surface area contributed by atoms with Gasteiger partial charge in [0.2, 0.25) is 0 Å². The van der Waals surface area contributed by atoms with Crippen molar-refractivity contribution < 1.29 is 14.4 Å². The van der Waals surface area contributed by atoms with Crippen molar-refractivity contribution in [1.82, 2.24) is 19.5 Å². The van der Waals surface area contributed by atoms with E-state index in [2.05, 4.69) is 20.7 Å². The van der Waals surface area contributed by atoms with Gasteiger partial charge in [0.25, 0.3) is 17.7 Å². The highest BCUT2D eigenvalue weighted by atomic mass is 35.5. The van der Waals surface area contributed by atoms with Crippen LogP contribution in [0.25, 0.3) is 16.8 Å².